The Hall–Kier alpha value is -2.25. The fourth-order valence-electron chi connectivity index (χ4n) is 5.61. The SMILES string of the molecule is Cc1ccc(CC2CN(CCN3C[C@@H](C)O[C@@H](C)C3)CCN2C(=O)c2cc(C(F)(F)F)cc(C(F)(F)F)c2)cc1O.Cl.Cl. The van der Waals surface area contributed by atoms with Crippen LogP contribution in [-0.2, 0) is 23.5 Å². The summed E-state index contributed by atoms with van der Waals surface area (Å²) in [5.74, 6) is -0.824. The number of carbonyl (C=O) groups excluding carboxylic acids is 1. The van der Waals surface area contributed by atoms with Gasteiger partial charge in [0.25, 0.3) is 5.91 Å². The van der Waals surface area contributed by atoms with Gasteiger partial charge in [-0.05, 0) is 62.6 Å². The quantitative estimate of drug-likeness (QED) is 0.382. The van der Waals surface area contributed by atoms with Gasteiger partial charge in [-0.3, -0.25) is 14.6 Å². The Morgan fingerprint density at radius 1 is 0.860 bits per heavy atom. The normalized spacial score (nSPS) is 22.1. The zero-order valence-electron chi connectivity index (χ0n) is 24.0. The third kappa shape index (κ3) is 9.62. The average Bonchev–Trinajstić information content (AvgIpc) is 2.87. The monoisotopic (exact) mass is 659 g/mol. The molecule has 0 bridgehead atoms. The summed E-state index contributed by atoms with van der Waals surface area (Å²) in [6.07, 6.45) is -9.63. The lowest BCUT2D eigenvalue weighted by Gasteiger charge is -2.43. The highest BCUT2D eigenvalue weighted by atomic mass is 35.5. The highest BCUT2D eigenvalue weighted by Crippen LogP contribution is 2.37. The maximum atomic E-state index is 13.6. The topological polar surface area (TPSA) is 56.2 Å². The standard InChI is InChI=1S/C29H35F6N3O3.2ClH/c1-18-4-5-21(11-26(18)39)10-25-17-36(6-7-37-15-19(2)41-20(3)16-37)8-9-38(25)27(40)22-12-23(28(30,31)32)14-24(13-22)29(33,34)35;;/h4-5,11-14,19-20,25,39H,6-10,15-17H2,1-3H3;2*1H/t19-,20+,25?;;. The second-order valence-electron chi connectivity index (χ2n) is 11.1. The van der Waals surface area contributed by atoms with Crippen molar-refractivity contribution in [2.45, 2.75) is 57.8 Å². The predicted molar refractivity (Wildman–Crippen MR) is 155 cm³/mol. The molecular weight excluding hydrogens is 623 g/mol. The molecule has 2 aromatic carbocycles. The summed E-state index contributed by atoms with van der Waals surface area (Å²) in [5.41, 5.74) is -2.35. The number of benzene rings is 2. The van der Waals surface area contributed by atoms with Crippen LogP contribution in [0.4, 0.5) is 26.3 Å². The molecule has 1 N–H and O–H groups in total. The average molecular weight is 661 g/mol. The minimum Gasteiger partial charge on any atom is -0.508 e. The van der Waals surface area contributed by atoms with Gasteiger partial charge in [-0.25, -0.2) is 0 Å². The van der Waals surface area contributed by atoms with E-state index in [4.69, 9.17) is 4.74 Å². The largest absolute Gasteiger partial charge is 0.508 e. The number of hydrogen-bond acceptors (Lipinski definition) is 5. The summed E-state index contributed by atoms with van der Waals surface area (Å²) >= 11 is 0. The molecule has 2 aliphatic heterocycles. The van der Waals surface area contributed by atoms with Crippen molar-refractivity contribution in [3.05, 3.63) is 64.2 Å². The highest BCUT2D eigenvalue weighted by Gasteiger charge is 2.39. The summed E-state index contributed by atoms with van der Waals surface area (Å²) in [6.45, 7) is 9.69. The number of alkyl halides is 6. The van der Waals surface area contributed by atoms with Crippen LogP contribution in [0.1, 0.15) is 46.5 Å². The number of carbonyl (C=O) groups is 1. The number of hydrogen-bond donors (Lipinski definition) is 1. The number of amides is 1. The lowest BCUT2D eigenvalue weighted by Crippen LogP contribution is -2.57. The Balaban J connectivity index is 0.00000323. The summed E-state index contributed by atoms with van der Waals surface area (Å²) in [6, 6.07) is 5.54. The van der Waals surface area contributed by atoms with E-state index in [9.17, 15) is 36.2 Å². The van der Waals surface area contributed by atoms with Crippen LogP contribution in [0.5, 0.6) is 5.75 Å². The number of halogens is 8. The molecule has 6 nitrogen and oxygen atoms in total. The van der Waals surface area contributed by atoms with Crippen LogP contribution < -0.4 is 0 Å². The first-order valence-electron chi connectivity index (χ1n) is 13.6. The predicted octanol–water partition coefficient (Wildman–Crippen LogP) is 6.06. The van der Waals surface area contributed by atoms with E-state index >= 15 is 0 Å². The molecule has 2 aliphatic rings. The zero-order chi connectivity index (χ0) is 30.1. The van der Waals surface area contributed by atoms with Gasteiger partial charge in [-0.1, -0.05) is 12.1 Å². The van der Waals surface area contributed by atoms with Gasteiger partial charge in [0.15, 0.2) is 0 Å². The van der Waals surface area contributed by atoms with E-state index in [1.165, 1.54) is 4.90 Å². The summed E-state index contributed by atoms with van der Waals surface area (Å²) < 4.78 is 86.7. The maximum Gasteiger partial charge on any atom is 0.416 e. The van der Waals surface area contributed by atoms with Gasteiger partial charge < -0.3 is 14.7 Å². The third-order valence-electron chi connectivity index (χ3n) is 7.63. The number of phenolic OH excluding ortho intramolecular Hbond substituents is 1. The first-order valence-corrected chi connectivity index (χ1v) is 13.6. The van der Waals surface area contributed by atoms with Gasteiger partial charge in [0.1, 0.15) is 5.75 Å². The molecule has 0 spiro atoms. The zero-order valence-corrected chi connectivity index (χ0v) is 25.7. The molecule has 4 rings (SSSR count). The molecular formula is C29H37Cl2F6N3O3. The molecule has 2 heterocycles. The first-order chi connectivity index (χ1) is 19.1. The van der Waals surface area contributed by atoms with Crippen LogP contribution in [0.3, 0.4) is 0 Å². The van der Waals surface area contributed by atoms with Crippen molar-refractivity contribution in [1.82, 2.24) is 14.7 Å². The maximum absolute atomic E-state index is 13.6. The molecule has 14 heteroatoms. The van der Waals surface area contributed by atoms with Crippen LogP contribution in [0.2, 0.25) is 0 Å². The fraction of sp³-hybridized carbons (Fsp3) is 0.552. The van der Waals surface area contributed by atoms with E-state index in [1.54, 1.807) is 25.1 Å². The number of aromatic hydroxyl groups is 1. The van der Waals surface area contributed by atoms with Crippen molar-refractivity contribution in [1.29, 1.82) is 0 Å². The van der Waals surface area contributed by atoms with Crippen molar-refractivity contribution >= 4 is 30.7 Å². The number of rotatable bonds is 6. The molecule has 1 unspecified atom stereocenters. The number of phenols is 1. The molecule has 0 aliphatic carbocycles. The molecule has 2 fully saturated rings. The number of piperazine rings is 1. The lowest BCUT2D eigenvalue weighted by molar-refractivity contribution is -0.143. The van der Waals surface area contributed by atoms with E-state index < -0.39 is 41.0 Å². The Labute approximate surface area is 259 Å². The van der Waals surface area contributed by atoms with Crippen molar-refractivity contribution < 1.29 is 41.0 Å². The van der Waals surface area contributed by atoms with E-state index in [-0.39, 0.29) is 61.8 Å². The van der Waals surface area contributed by atoms with Gasteiger partial charge >= 0.3 is 12.4 Å². The van der Waals surface area contributed by atoms with E-state index in [0.717, 1.165) is 19.6 Å². The van der Waals surface area contributed by atoms with Crippen molar-refractivity contribution in [2.24, 2.45) is 0 Å². The Morgan fingerprint density at radius 2 is 1.42 bits per heavy atom. The van der Waals surface area contributed by atoms with E-state index in [2.05, 4.69) is 9.80 Å². The van der Waals surface area contributed by atoms with Gasteiger partial charge in [0, 0.05) is 57.4 Å². The van der Waals surface area contributed by atoms with E-state index in [1.807, 2.05) is 13.8 Å². The summed E-state index contributed by atoms with van der Waals surface area (Å²) in [4.78, 5) is 19.4. The smallest absolute Gasteiger partial charge is 0.416 e. The van der Waals surface area contributed by atoms with Gasteiger partial charge in [0.2, 0.25) is 0 Å². The van der Waals surface area contributed by atoms with Crippen LogP contribution in [0, 0.1) is 6.92 Å². The van der Waals surface area contributed by atoms with Crippen LogP contribution in [0.25, 0.3) is 0 Å². The minimum atomic E-state index is -5.05. The number of nitrogens with zero attached hydrogens (tertiary/aromatic N) is 3. The number of ether oxygens (including phenoxy) is 1. The van der Waals surface area contributed by atoms with Crippen LogP contribution in [-0.4, -0.2) is 89.8 Å². The molecule has 0 aromatic heterocycles. The summed E-state index contributed by atoms with van der Waals surface area (Å²) in [7, 11) is 0. The minimum absolute atomic E-state index is 0. The van der Waals surface area contributed by atoms with Crippen molar-refractivity contribution in [3.63, 3.8) is 0 Å². The Bertz CT molecular complexity index is 1200. The molecule has 0 radical (unpaired) electrons. The van der Waals surface area contributed by atoms with E-state index in [0.29, 0.717) is 42.9 Å². The molecule has 242 valence electrons. The molecule has 3 atom stereocenters. The van der Waals surface area contributed by atoms with Crippen molar-refractivity contribution in [3.8, 4) is 5.75 Å². The number of aryl methyl sites for hydroxylation is 1. The Morgan fingerprint density at radius 3 is 1.95 bits per heavy atom. The molecule has 1 amide bonds. The van der Waals surface area contributed by atoms with Gasteiger partial charge in [-0.2, -0.15) is 26.3 Å². The highest BCUT2D eigenvalue weighted by molar-refractivity contribution is 5.95. The lowest BCUT2D eigenvalue weighted by atomic mass is 9.98. The number of morpholine rings is 1. The second kappa shape index (κ2) is 14.7. The van der Waals surface area contributed by atoms with Crippen molar-refractivity contribution in [2.75, 3.05) is 45.8 Å². The molecule has 2 saturated heterocycles. The first kappa shape index (κ1) is 36.9. The molecule has 2 aromatic rings. The van der Waals surface area contributed by atoms with Crippen LogP contribution in [0.15, 0.2) is 36.4 Å². The molecule has 43 heavy (non-hydrogen) atoms. The summed E-state index contributed by atoms with van der Waals surface area (Å²) in [5, 5.41) is 10.2. The Kier molecular flexibility index (Phi) is 12.6. The third-order valence-corrected chi connectivity index (χ3v) is 7.63. The second-order valence-corrected chi connectivity index (χ2v) is 11.1. The van der Waals surface area contributed by atoms with Crippen LogP contribution >= 0.6 is 24.8 Å². The van der Waals surface area contributed by atoms with Gasteiger partial charge in [0.05, 0.1) is 23.3 Å². The fourth-order valence-corrected chi connectivity index (χ4v) is 5.61. The molecule has 0 saturated carbocycles. The van der Waals surface area contributed by atoms with Gasteiger partial charge in [-0.15, -0.1) is 24.8 Å².